The van der Waals surface area contributed by atoms with Crippen molar-refractivity contribution in [3.63, 3.8) is 0 Å². The quantitative estimate of drug-likeness (QED) is 0.688. The van der Waals surface area contributed by atoms with Crippen LogP contribution >= 0.6 is 0 Å². The van der Waals surface area contributed by atoms with Crippen LogP contribution in [0.4, 0.5) is 0 Å². The van der Waals surface area contributed by atoms with Gasteiger partial charge in [0, 0.05) is 6.54 Å². The Morgan fingerprint density at radius 3 is 2.43 bits per heavy atom. The summed E-state index contributed by atoms with van der Waals surface area (Å²) in [5, 5.41) is 11.4. The molecule has 0 aromatic carbocycles. The molecule has 4 nitrogen and oxygen atoms in total. The molecule has 1 amide bonds. The summed E-state index contributed by atoms with van der Waals surface area (Å²) in [7, 11) is 0. The third kappa shape index (κ3) is 1.89. The van der Waals surface area contributed by atoms with Gasteiger partial charge in [-0.15, -0.1) is 0 Å². The fraction of sp³-hybridized carbons (Fsp3) is 0.800. The van der Waals surface area contributed by atoms with Gasteiger partial charge in [0.05, 0.1) is 11.8 Å². The van der Waals surface area contributed by atoms with E-state index in [0.29, 0.717) is 12.3 Å². The molecule has 2 aliphatic rings. The summed E-state index contributed by atoms with van der Waals surface area (Å²) < 4.78 is 0. The number of carboxylic acid groups (broad SMARTS) is 1. The molecule has 0 bridgehead atoms. The van der Waals surface area contributed by atoms with E-state index < -0.39 is 11.9 Å². The largest absolute Gasteiger partial charge is 0.481 e. The fourth-order valence-electron chi connectivity index (χ4n) is 1.80. The molecule has 4 atom stereocenters. The Morgan fingerprint density at radius 1 is 1.36 bits per heavy atom. The summed E-state index contributed by atoms with van der Waals surface area (Å²) in [5.74, 6) is -0.250. The minimum absolute atomic E-state index is 0.0727. The smallest absolute Gasteiger partial charge is 0.307 e. The molecule has 0 aliphatic heterocycles. The van der Waals surface area contributed by atoms with Crippen molar-refractivity contribution in [2.45, 2.75) is 19.8 Å². The highest BCUT2D eigenvalue weighted by molar-refractivity contribution is 5.89. The van der Waals surface area contributed by atoms with Gasteiger partial charge >= 0.3 is 5.97 Å². The van der Waals surface area contributed by atoms with Gasteiger partial charge in [0.25, 0.3) is 0 Å². The standard InChI is InChI=1S/C10H15NO3/c1-5-2-6(5)4-11-9(12)7-3-8(7)10(13)14/h5-8H,2-4H2,1H3,(H,11,12)(H,13,14). The van der Waals surface area contributed by atoms with Crippen LogP contribution < -0.4 is 5.32 Å². The van der Waals surface area contributed by atoms with Gasteiger partial charge in [-0.2, -0.15) is 0 Å². The van der Waals surface area contributed by atoms with Crippen molar-refractivity contribution >= 4 is 11.9 Å². The van der Waals surface area contributed by atoms with Crippen molar-refractivity contribution in [1.29, 1.82) is 0 Å². The molecular weight excluding hydrogens is 182 g/mol. The van der Waals surface area contributed by atoms with Crippen LogP contribution in [-0.4, -0.2) is 23.5 Å². The maximum Gasteiger partial charge on any atom is 0.307 e. The lowest BCUT2D eigenvalue weighted by molar-refractivity contribution is -0.140. The van der Waals surface area contributed by atoms with E-state index in [-0.39, 0.29) is 11.8 Å². The molecule has 0 saturated heterocycles. The number of hydrogen-bond acceptors (Lipinski definition) is 2. The minimum atomic E-state index is -0.843. The first kappa shape index (κ1) is 9.49. The van der Waals surface area contributed by atoms with Gasteiger partial charge in [0.2, 0.25) is 5.91 Å². The van der Waals surface area contributed by atoms with Gasteiger partial charge in [-0.05, 0) is 24.7 Å². The number of hydrogen-bond donors (Lipinski definition) is 2. The number of carbonyl (C=O) groups excluding carboxylic acids is 1. The van der Waals surface area contributed by atoms with Gasteiger partial charge < -0.3 is 10.4 Å². The molecule has 0 spiro atoms. The number of carbonyl (C=O) groups is 2. The molecule has 14 heavy (non-hydrogen) atoms. The van der Waals surface area contributed by atoms with Gasteiger partial charge in [-0.25, -0.2) is 0 Å². The summed E-state index contributed by atoms with van der Waals surface area (Å²) in [6.07, 6.45) is 1.70. The summed E-state index contributed by atoms with van der Waals surface area (Å²) in [6, 6.07) is 0. The van der Waals surface area contributed by atoms with Crippen LogP contribution in [0.2, 0.25) is 0 Å². The number of nitrogens with one attached hydrogen (secondary N) is 1. The molecule has 4 unspecified atom stereocenters. The zero-order valence-electron chi connectivity index (χ0n) is 8.19. The van der Waals surface area contributed by atoms with Gasteiger partial charge in [0.15, 0.2) is 0 Å². The van der Waals surface area contributed by atoms with E-state index in [0.717, 1.165) is 12.5 Å². The summed E-state index contributed by atoms with van der Waals surface area (Å²) in [4.78, 5) is 21.9. The summed E-state index contributed by atoms with van der Waals surface area (Å²) in [6.45, 7) is 2.89. The number of amides is 1. The van der Waals surface area contributed by atoms with E-state index in [2.05, 4.69) is 12.2 Å². The van der Waals surface area contributed by atoms with Gasteiger partial charge in [0.1, 0.15) is 0 Å². The third-order valence-electron chi connectivity index (χ3n) is 3.26. The first-order chi connectivity index (χ1) is 6.59. The van der Waals surface area contributed by atoms with Crippen molar-refractivity contribution < 1.29 is 14.7 Å². The Bertz CT molecular complexity index is 277. The minimum Gasteiger partial charge on any atom is -0.481 e. The molecule has 0 aromatic heterocycles. The van der Waals surface area contributed by atoms with Crippen LogP contribution in [0.25, 0.3) is 0 Å². The first-order valence-electron chi connectivity index (χ1n) is 5.10. The molecule has 0 heterocycles. The van der Waals surface area contributed by atoms with Crippen LogP contribution in [0, 0.1) is 23.7 Å². The maximum absolute atomic E-state index is 11.4. The number of rotatable bonds is 4. The van der Waals surface area contributed by atoms with E-state index in [1.54, 1.807) is 0 Å². The normalized spacial score (nSPS) is 38.9. The van der Waals surface area contributed by atoms with E-state index in [4.69, 9.17) is 5.11 Å². The average molecular weight is 197 g/mol. The van der Waals surface area contributed by atoms with Crippen LogP contribution in [0.3, 0.4) is 0 Å². The average Bonchev–Trinajstić information content (AvgIpc) is 2.95. The van der Waals surface area contributed by atoms with Crippen molar-refractivity contribution in [2.75, 3.05) is 6.54 Å². The van der Waals surface area contributed by atoms with Crippen molar-refractivity contribution in [3.8, 4) is 0 Å². The predicted octanol–water partition coefficient (Wildman–Crippen LogP) is 0.479. The summed E-state index contributed by atoms with van der Waals surface area (Å²) >= 11 is 0. The molecule has 4 heteroatoms. The Kier molecular flexibility index (Phi) is 2.21. The second-order valence-electron chi connectivity index (χ2n) is 4.51. The molecule has 78 valence electrons. The highest BCUT2D eigenvalue weighted by Gasteiger charge is 2.48. The Balaban J connectivity index is 1.67. The van der Waals surface area contributed by atoms with Crippen molar-refractivity contribution in [1.82, 2.24) is 5.32 Å². The van der Waals surface area contributed by atoms with Crippen LogP contribution in [0.5, 0.6) is 0 Å². The monoisotopic (exact) mass is 197 g/mol. The maximum atomic E-state index is 11.4. The summed E-state index contributed by atoms with van der Waals surface area (Å²) in [5.41, 5.74) is 0. The zero-order chi connectivity index (χ0) is 10.3. The first-order valence-corrected chi connectivity index (χ1v) is 5.10. The lowest BCUT2D eigenvalue weighted by Gasteiger charge is -2.02. The second kappa shape index (κ2) is 3.26. The molecular formula is C10H15NO3. The molecule has 2 rings (SSSR count). The third-order valence-corrected chi connectivity index (χ3v) is 3.26. The SMILES string of the molecule is CC1CC1CNC(=O)C1CC1C(=O)O. The highest BCUT2D eigenvalue weighted by atomic mass is 16.4. The molecule has 2 aliphatic carbocycles. The molecule has 0 aromatic rings. The lowest BCUT2D eigenvalue weighted by atomic mass is 10.3. The zero-order valence-corrected chi connectivity index (χ0v) is 8.19. The van der Waals surface area contributed by atoms with Gasteiger partial charge in [-0.1, -0.05) is 6.92 Å². The lowest BCUT2D eigenvalue weighted by Crippen LogP contribution is -2.28. The number of aliphatic carboxylic acids is 1. The van der Waals surface area contributed by atoms with E-state index >= 15 is 0 Å². The number of carboxylic acids is 1. The van der Waals surface area contributed by atoms with E-state index in [1.807, 2.05) is 0 Å². The van der Waals surface area contributed by atoms with Crippen LogP contribution in [0.1, 0.15) is 19.8 Å². The molecule has 0 radical (unpaired) electrons. The predicted molar refractivity (Wildman–Crippen MR) is 49.5 cm³/mol. The Hall–Kier alpha value is -1.06. The van der Waals surface area contributed by atoms with Crippen molar-refractivity contribution in [3.05, 3.63) is 0 Å². The van der Waals surface area contributed by atoms with Gasteiger partial charge in [-0.3, -0.25) is 9.59 Å². The highest BCUT2D eigenvalue weighted by Crippen LogP contribution is 2.40. The topological polar surface area (TPSA) is 66.4 Å². The molecule has 2 fully saturated rings. The molecule has 2 saturated carbocycles. The van der Waals surface area contributed by atoms with Crippen LogP contribution in [-0.2, 0) is 9.59 Å². The van der Waals surface area contributed by atoms with Crippen LogP contribution in [0.15, 0.2) is 0 Å². The van der Waals surface area contributed by atoms with E-state index in [1.165, 1.54) is 6.42 Å². The fourth-order valence-corrected chi connectivity index (χ4v) is 1.80. The second-order valence-corrected chi connectivity index (χ2v) is 4.51. The molecule has 2 N–H and O–H groups in total. The van der Waals surface area contributed by atoms with Crippen molar-refractivity contribution in [2.24, 2.45) is 23.7 Å². The Morgan fingerprint density at radius 2 is 2.00 bits per heavy atom. The van der Waals surface area contributed by atoms with E-state index in [9.17, 15) is 9.59 Å². The Labute approximate surface area is 82.7 Å².